The molecule has 15 heavy (non-hydrogen) atoms. The molecule has 0 bridgehead atoms. The van der Waals surface area contributed by atoms with E-state index in [1.165, 1.54) is 0 Å². The highest BCUT2D eigenvalue weighted by Crippen LogP contribution is 2.47. The molecule has 0 radical (unpaired) electrons. The molecule has 0 aromatic heterocycles. The summed E-state index contributed by atoms with van der Waals surface area (Å²) in [4.78, 5) is 13.8. The van der Waals surface area contributed by atoms with Crippen molar-refractivity contribution in [1.29, 1.82) is 5.26 Å². The molecule has 82 valence electrons. The van der Waals surface area contributed by atoms with E-state index in [-0.39, 0.29) is 18.6 Å². The van der Waals surface area contributed by atoms with E-state index in [1.807, 2.05) is 0 Å². The van der Waals surface area contributed by atoms with Gasteiger partial charge in [-0.2, -0.15) is 5.26 Å². The monoisotopic (exact) mass is 208 g/mol. The molecule has 1 heterocycles. The number of aliphatic hydroxyl groups is 1. The van der Waals surface area contributed by atoms with Crippen LogP contribution in [0.5, 0.6) is 0 Å². The van der Waals surface area contributed by atoms with Crippen LogP contribution in [0.25, 0.3) is 0 Å². The SMILES string of the molecule is N#CC1(C(=O)N2CCCCC2CO)CC1. The molecular weight excluding hydrogens is 192 g/mol. The Balaban J connectivity index is 2.08. The first-order valence-corrected chi connectivity index (χ1v) is 5.57. The first-order valence-electron chi connectivity index (χ1n) is 5.57. The summed E-state index contributed by atoms with van der Waals surface area (Å²) in [6.45, 7) is 0.723. The molecule has 0 aromatic rings. The van der Waals surface area contributed by atoms with Gasteiger partial charge in [-0.3, -0.25) is 4.79 Å². The highest BCUT2D eigenvalue weighted by molar-refractivity contribution is 5.88. The van der Waals surface area contributed by atoms with Crippen molar-refractivity contribution in [2.24, 2.45) is 5.41 Å². The van der Waals surface area contributed by atoms with Crippen LogP contribution < -0.4 is 0 Å². The largest absolute Gasteiger partial charge is 0.394 e. The van der Waals surface area contributed by atoms with Crippen molar-refractivity contribution in [3.63, 3.8) is 0 Å². The number of rotatable bonds is 2. The molecule has 4 heteroatoms. The van der Waals surface area contributed by atoms with E-state index in [2.05, 4.69) is 6.07 Å². The second-order valence-corrected chi connectivity index (χ2v) is 4.52. The number of carbonyl (C=O) groups is 1. The van der Waals surface area contributed by atoms with E-state index in [0.29, 0.717) is 19.4 Å². The Morgan fingerprint density at radius 2 is 2.27 bits per heavy atom. The quantitative estimate of drug-likeness (QED) is 0.725. The number of hydrogen-bond donors (Lipinski definition) is 1. The van der Waals surface area contributed by atoms with Gasteiger partial charge in [-0.15, -0.1) is 0 Å². The molecule has 1 saturated carbocycles. The van der Waals surface area contributed by atoms with Gasteiger partial charge in [0, 0.05) is 6.54 Å². The third kappa shape index (κ3) is 1.72. The second-order valence-electron chi connectivity index (χ2n) is 4.52. The Bertz CT molecular complexity index is 304. The van der Waals surface area contributed by atoms with Gasteiger partial charge in [-0.05, 0) is 32.1 Å². The van der Waals surface area contributed by atoms with Gasteiger partial charge in [0.15, 0.2) is 0 Å². The molecule has 4 nitrogen and oxygen atoms in total. The van der Waals surface area contributed by atoms with Crippen LogP contribution in [0, 0.1) is 16.7 Å². The Morgan fingerprint density at radius 3 is 2.80 bits per heavy atom. The van der Waals surface area contributed by atoms with Gasteiger partial charge in [0.05, 0.1) is 18.7 Å². The van der Waals surface area contributed by atoms with Gasteiger partial charge in [-0.1, -0.05) is 0 Å². The van der Waals surface area contributed by atoms with Gasteiger partial charge in [-0.25, -0.2) is 0 Å². The van der Waals surface area contributed by atoms with Crippen molar-refractivity contribution in [3.8, 4) is 6.07 Å². The summed E-state index contributed by atoms with van der Waals surface area (Å²) >= 11 is 0. The zero-order valence-corrected chi connectivity index (χ0v) is 8.78. The fraction of sp³-hybridized carbons (Fsp3) is 0.818. The highest BCUT2D eigenvalue weighted by atomic mass is 16.3. The number of amides is 1. The van der Waals surface area contributed by atoms with Crippen molar-refractivity contribution in [2.45, 2.75) is 38.1 Å². The summed E-state index contributed by atoms with van der Waals surface area (Å²) in [6.07, 6.45) is 4.30. The minimum Gasteiger partial charge on any atom is -0.394 e. The van der Waals surface area contributed by atoms with Crippen LogP contribution in [0.15, 0.2) is 0 Å². The van der Waals surface area contributed by atoms with Gasteiger partial charge in [0.25, 0.3) is 0 Å². The van der Waals surface area contributed by atoms with E-state index in [4.69, 9.17) is 5.26 Å². The molecule has 2 rings (SSSR count). The fourth-order valence-electron chi connectivity index (χ4n) is 2.23. The average molecular weight is 208 g/mol. The van der Waals surface area contributed by atoms with Crippen LogP contribution >= 0.6 is 0 Å². The van der Waals surface area contributed by atoms with E-state index >= 15 is 0 Å². The zero-order chi connectivity index (χ0) is 10.9. The highest BCUT2D eigenvalue weighted by Gasteiger charge is 2.53. The third-order valence-electron chi connectivity index (χ3n) is 3.47. The predicted octanol–water partition coefficient (Wildman–Crippen LogP) is 0.664. The van der Waals surface area contributed by atoms with E-state index in [0.717, 1.165) is 19.3 Å². The molecule has 1 N–H and O–H groups in total. The standard InChI is InChI=1S/C11H16N2O2/c12-8-11(4-5-11)10(15)13-6-2-1-3-9(13)7-14/h9,14H,1-7H2. The Morgan fingerprint density at radius 1 is 1.53 bits per heavy atom. The van der Waals surface area contributed by atoms with Crippen molar-refractivity contribution in [2.75, 3.05) is 13.2 Å². The summed E-state index contributed by atoms with van der Waals surface area (Å²) in [5.74, 6) is -0.0521. The number of nitriles is 1. The van der Waals surface area contributed by atoms with Crippen molar-refractivity contribution in [1.82, 2.24) is 4.90 Å². The summed E-state index contributed by atoms with van der Waals surface area (Å²) in [5, 5.41) is 18.1. The maximum absolute atomic E-state index is 12.1. The molecule has 1 saturated heterocycles. The van der Waals surface area contributed by atoms with Crippen LogP contribution in [0.4, 0.5) is 0 Å². The fourth-order valence-corrected chi connectivity index (χ4v) is 2.23. The van der Waals surface area contributed by atoms with E-state index in [9.17, 15) is 9.90 Å². The van der Waals surface area contributed by atoms with Crippen LogP contribution in [0.2, 0.25) is 0 Å². The third-order valence-corrected chi connectivity index (χ3v) is 3.47. The summed E-state index contributed by atoms with van der Waals surface area (Å²) in [5.41, 5.74) is -0.731. The first kappa shape index (κ1) is 10.4. The second kappa shape index (κ2) is 3.82. The Labute approximate surface area is 89.5 Å². The average Bonchev–Trinajstić information content (AvgIpc) is 3.09. The molecule has 1 aliphatic carbocycles. The van der Waals surface area contributed by atoms with Crippen LogP contribution in [0.3, 0.4) is 0 Å². The number of nitrogens with zero attached hydrogens (tertiary/aromatic N) is 2. The van der Waals surface area contributed by atoms with E-state index < -0.39 is 5.41 Å². The van der Waals surface area contributed by atoms with Crippen LogP contribution in [0.1, 0.15) is 32.1 Å². The summed E-state index contributed by atoms with van der Waals surface area (Å²) in [6, 6.07) is 2.06. The molecular formula is C11H16N2O2. The Kier molecular flexibility index (Phi) is 2.66. The van der Waals surface area contributed by atoms with Gasteiger partial charge >= 0.3 is 0 Å². The molecule has 1 atom stereocenters. The van der Waals surface area contributed by atoms with Crippen molar-refractivity contribution >= 4 is 5.91 Å². The number of aliphatic hydroxyl groups excluding tert-OH is 1. The number of piperidine rings is 1. The molecule has 2 aliphatic rings. The lowest BCUT2D eigenvalue weighted by Gasteiger charge is -2.35. The normalized spacial score (nSPS) is 28.3. The lowest BCUT2D eigenvalue weighted by atomic mass is 9.99. The van der Waals surface area contributed by atoms with Gasteiger partial charge < -0.3 is 10.0 Å². The minimum atomic E-state index is -0.731. The van der Waals surface area contributed by atoms with Crippen LogP contribution in [-0.2, 0) is 4.79 Å². The first-order chi connectivity index (χ1) is 7.23. The van der Waals surface area contributed by atoms with Crippen molar-refractivity contribution < 1.29 is 9.90 Å². The predicted molar refractivity (Wildman–Crippen MR) is 53.7 cm³/mol. The van der Waals surface area contributed by atoms with Gasteiger partial charge in [0.1, 0.15) is 5.41 Å². The number of hydrogen-bond acceptors (Lipinski definition) is 3. The summed E-state index contributed by atoms with van der Waals surface area (Å²) < 4.78 is 0. The maximum Gasteiger partial charge on any atom is 0.243 e. The smallest absolute Gasteiger partial charge is 0.243 e. The lowest BCUT2D eigenvalue weighted by Crippen LogP contribution is -2.48. The Hall–Kier alpha value is -1.08. The topological polar surface area (TPSA) is 64.3 Å². The van der Waals surface area contributed by atoms with Gasteiger partial charge in [0.2, 0.25) is 5.91 Å². The molecule has 1 amide bonds. The zero-order valence-electron chi connectivity index (χ0n) is 8.78. The van der Waals surface area contributed by atoms with E-state index in [1.54, 1.807) is 4.90 Å². The summed E-state index contributed by atoms with van der Waals surface area (Å²) in [7, 11) is 0. The van der Waals surface area contributed by atoms with Crippen LogP contribution in [-0.4, -0.2) is 35.1 Å². The molecule has 1 aliphatic heterocycles. The molecule has 0 spiro atoms. The molecule has 0 aromatic carbocycles. The lowest BCUT2D eigenvalue weighted by molar-refractivity contribution is -0.139. The molecule has 2 fully saturated rings. The maximum atomic E-state index is 12.1. The molecule has 1 unspecified atom stereocenters. The van der Waals surface area contributed by atoms with Crippen molar-refractivity contribution in [3.05, 3.63) is 0 Å². The number of likely N-dealkylation sites (tertiary alicyclic amines) is 1. The minimum absolute atomic E-state index is 0.0211. The number of carbonyl (C=O) groups excluding carboxylic acids is 1.